The van der Waals surface area contributed by atoms with Crippen LogP contribution in [-0.2, 0) is 9.53 Å². The van der Waals surface area contributed by atoms with E-state index in [1.807, 2.05) is 28.0 Å². The lowest BCUT2D eigenvalue weighted by Crippen LogP contribution is -2.50. The Kier molecular flexibility index (Phi) is 5.27. The Hall–Kier alpha value is -2.08. The molecule has 2 aliphatic rings. The molecule has 0 bridgehead atoms. The van der Waals surface area contributed by atoms with E-state index in [9.17, 15) is 9.59 Å². The first-order chi connectivity index (χ1) is 12.0. The van der Waals surface area contributed by atoms with Gasteiger partial charge in [0, 0.05) is 32.5 Å². The van der Waals surface area contributed by atoms with Crippen molar-refractivity contribution in [3.05, 3.63) is 35.9 Å². The number of benzene rings is 1. The van der Waals surface area contributed by atoms with Crippen molar-refractivity contribution >= 4 is 12.0 Å². The number of nitrogens with one attached hydrogen (secondary N) is 1. The molecule has 136 valence electrons. The van der Waals surface area contributed by atoms with E-state index in [4.69, 9.17) is 4.74 Å². The summed E-state index contributed by atoms with van der Waals surface area (Å²) in [5.41, 5.74) is 0.799. The topological polar surface area (TPSA) is 61.9 Å². The zero-order chi connectivity index (χ0) is 17.9. The minimum Gasteiger partial charge on any atom is -0.441 e. The summed E-state index contributed by atoms with van der Waals surface area (Å²) in [6.07, 6.45) is 1.20. The van der Waals surface area contributed by atoms with E-state index < -0.39 is 5.60 Å². The Balaban J connectivity index is 1.57. The highest BCUT2D eigenvalue weighted by molar-refractivity contribution is 5.78. The highest BCUT2D eigenvalue weighted by Gasteiger charge is 2.47. The molecule has 25 heavy (non-hydrogen) atoms. The highest BCUT2D eigenvalue weighted by atomic mass is 16.6. The first kappa shape index (κ1) is 17.7. The van der Waals surface area contributed by atoms with Gasteiger partial charge in [-0.25, -0.2) is 4.79 Å². The van der Waals surface area contributed by atoms with E-state index in [0.29, 0.717) is 45.6 Å². The molecule has 0 aromatic heterocycles. The Labute approximate surface area is 149 Å². The van der Waals surface area contributed by atoms with Gasteiger partial charge in [-0.15, -0.1) is 0 Å². The minimum atomic E-state index is -0.427. The van der Waals surface area contributed by atoms with Crippen molar-refractivity contribution in [2.24, 2.45) is 0 Å². The second-order valence-corrected chi connectivity index (χ2v) is 7.15. The summed E-state index contributed by atoms with van der Waals surface area (Å²) in [5.74, 6) is 0.373. The predicted molar refractivity (Wildman–Crippen MR) is 95.4 cm³/mol. The number of piperidine rings is 1. The molecule has 1 atom stereocenters. The van der Waals surface area contributed by atoms with Crippen LogP contribution in [0.5, 0.6) is 0 Å². The molecule has 2 amide bonds. The molecule has 1 spiro atoms. The fourth-order valence-corrected chi connectivity index (χ4v) is 3.74. The van der Waals surface area contributed by atoms with Crippen molar-refractivity contribution in [1.82, 2.24) is 15.1 Å². The van der Waals surface area contributed by atoms with Gasteiger partial charge in [0.2, 0.25) is 5.91 Å². The Morgan fingerprint density at radius 1 is 1.28 bits per heavy atom. The van der Waals surface area contributed by atoms with Gasteiger partial charge >= 0.3 is 6.09 Å². The van der Waals surface area contributed by atoms with Crippen LogP contribution in [0.15, 0.2) is 30.3 Å². The third-order valence-corrected chi connectivity index (χ3v) is 5.26. The van der Waals surface area contributed by atoms with Crippen LogP contribution < -0.4 is 5.32 Å². The number of hydrogen-bond acceptors (Lipinski definition) is 4. The predicted octanol–water partition coefficient (Wildman–Crippen LogP) is 1.82. The highest BCUT2D eigenvalue weighted by Crippen LogP contribution is 2.34. The maximum atomic E-state index is 12.3. The Morgan fingerprint density at radius 2 is 1.96 bits per heavy atom. The normalized spacial score (nSPS) is 20.6. The average molecular weight is 345 g/mol. The van der Waals surface area contributed by atoms with Crippen molar-refractivity contribution in [1.29, 1.82) is 0 Å². The van der Waals surface area contributed by atoms with E-state index >= 15 is 0 Å². The van der Waals surface area contributed by atoms with Crippen molar-refractivity contribution < 1.29 is 14.3 Å². The van der Waals surface area contributed by atoms with Crippen LogP contribution in [0.4, 0.5) is 4.79 Å². The number of amides is 2. The van der Waals surface area contributed by atoms with Crippen molar-refractivity contribution in [3.63, 3.8) is 0 Å². The largest absolute Gasteiger partial charge is 0.441 e. The SMILES string of the molecule is CNCC(=O)N1CCC2(CC1)CN(C[C@H](C)c1ccccc1)C(=O)O2. The number of hydrogen-bond donors (Lipinski definition) is 1. The average Bonchev–Trinajstić information content (AvgIpc) is 2.91. The number of ether oxygens (including phenoxy) is 1. The van der Waals surface area contributed by atoms with Gasteiger partial charge in [0.15, 0.2) is 0 Å². The van der Waals surface area contributed by atoms with E-state index in [1.54, 1.807) is 7.05 Å². The molecule has 0 unspecified atom stereocenters. The van der Waals surface area contributed by atoms with Gasteiger partial charge in [0.25, 0.3) is 0 Å². The van der Waals surface area contributed by atoms with Gasteiger partial charge in [-0.05, 0) is 18.5 Å². The molecule has 2 heterocycles. The first-order valence-electron chi connectivity index (χ1n) is 8.98. The van der Waals surface area contributed by atoms with E-state index in [2.05, 4.69) is 24.4 Å². The molecule has 1 N–H and O–H groups in total. The molecule has 1 aromatic rings. The number of likely N-dealkylation sites (N-methyl/N-ethyl adjacent to an activating group) is 1. The number of carbonyl (C=O) groups excluding carboxylic acids is 2. The van der Waals surface area contributed by atoms with Gasteiger partial charge in [0.05, 0.1) is 13.1 Å². The molecule has 2 aliphatic heterocycles. The lowest BCUT2D eigenvalue weighted by Gasteiger charge is -2.37. The van der Waals surface area contributed by atoms with Crippen LogP contribution in [-0.4, -0.2) is 67.2 Å². The van der Waals surface area contributed by atoms with Crippen LogP contribution in [0.2, 0.25) is 0 Å². The monoisotopic (exact) mass is 345 g/mol. The third kappa shape index (κ3) is 3.95. The minimum absolute atomic E-state index is 0.108. The molecule has 6 nitrogen and oxygen atoms in total. The van der Waals surface area contributed by atoms with Crippen LogP contribution >= 0.6 is 0 Å². The summed E-state index contributed by atoms with van der Waals surface area (Å²) in [7, 11) is 1.77. The fourth-order valence-electron chi connectivity index (χ4n) is 3.74. The lowest BCUT2D eigenvalue weighted by atomic mass is 9.91. The number of rotatable bonds is 5. The quantitative estimate of drug-likeness (QED) is 0.884. The van der Waals surface area contributed by atoms with Gasteiger partial charge < -0.3 is 19.9 Å². The maximum absolute atomic E-state index is 12.3. The van der Waals surface area contributed by atoms with Crippen molar-refractivity contribution in [2.75, 3.05) is 39.8 Å². The van der Waals surface area contributed by atoms with Gasteiger partial charge in [0.1, 0.15) is 5.60 Å². The second-order valence-electron chi connectivity index (χ2n) is 7.15. The molecule has 0 radical (unpaired) electrons. The second kappa shape index (κ2) is 7.44. The van der Waals surface area contributed by atoms with Crippen molar-refractivity contribution in [3.8, 4) is 0 Å². The number of nitrogens with zero attached hydrogens (tertiary/aromatic N) is 2. The maximum Gasteiger partial charge on any atom is 0.410 e. The number of carbonyl (C=O) groups is 2. The molecule has 0 saturated carbocycles. The zero-order valence-electron chi connectivity index (χ0n) is 15.0. The summed E-state index contributed by atoms with van der Waals surface area (Å²) in [4.78, 5) is 28.0. The summed E-state index contributed by atoms with van der Waals surface area (Å²) in [6.45, 7) is 5.07. The number of likely N-dealkylation sites (tertiary alicyclic amines) is 1. The van der Waals surface area contributed by atoms with Gasteiger partial charge in [-0.1, -0.05) is 37.3 Å². The summed E-state index contributed by atoms with van der Waals surface area (Å²) in [5, 5.41) is 2.89. The molecular formula is C19H27N3O3. The van der Waals surface area contributed by atoms with Crippen molar-refractivity contribution in [2.45, 2.75) is 31.3 Å². The molecule has 6 heteroatoms. The summed E-state index contributed by atoms with van der Waals surface area (Å²) >= 11 is 0. The molecular weight excluding hydrogens is 318 g/mol. The van der Waals surface area contributed by atoms with Gasteiger partial charge in [-0.2, -0.15) is 0 Å². The van der Waals surface area contributed by atoms with E-state index in [0.717, 1.165) is 0 Å². The molecule has 1 aromatic carbocycles. The summed E-state index contributed by atoms with van der Waals surface area (Å²) in [6, 6.07) is 10.2. The molecule has 2 fully saturated rings. The smallest absolute Gasteiger partial charge is 0.410 e. The zero-order valence-corrected chi connectivity index (χ0v) is 15.0. The summed E-state index contributed by atoms with van der Waals surface area (Å²) < 4.78 is 5.76. The van der Waals surface area contributed by atoms with Crippen LogP contribution in [0.1, 0.15) is 31.2 Å². The Morgan fingerprint density at radius 3 is 2.60 bits per heavy atom. The van der Waals surface area contributed by atoms with Crippen LogP contribution in [0, 0.1) is 0 Å². The third-order valence-electron chi connectivity index (χ3n) is 5.26. The standard InChI is InChI=1S/C19H27N3O3/c1-15(16-6-4-3-5-7-16)13-22-14-19(25-18(22)24)8-10-21(11-9-19)17(23)12-20-2/h3-7,15,20H,8-14H2,1-2H3/t15-/m0/s1. The fraction of sp³-hybridized carbons (Fsp3) is 0.579. The first-order valence-corrected chi connectivity index (χ1v) is 8.98. The van der Waals surface area contributed by atoms with Crippen LogP contribution in [0.25, 0.3) is 0 Å². The van der Waals surface area contributed by atoms with E-state index in [-0.39, 0.29) is 17.9 Å². The van der Waals surface area contributed by atoms with Crippen LogP contribution in [0.3, 0.4) is 0 Å². The van der Waals surface area contributed by atoms with Gasteiger partial charge in [-0.3, -0.25) is 4.79 Å². The molecule has 3 rings (SSSR count). The molecule has 0 aliphatic carbocycles. The lowest BCUT2D eigenvalue weighted by molar-refractivity contribution is -0.133. The molecule has 2 saturated heterocycles. The van der Waals surface area contributed by atoms with E-state index in [1.165, 1.54) is 5.56 Å². The Bertz CT molecular complexity index is 612.